The number of carbonyl (C=O) groups excluding carboxylic acids is 5. The van der Waals surface area contributed by atoms with E-state index >= 15 is 0 Å². The third kappa shape index (κ3) is 14.4. The fourth-order valence-electron chi connectivity index (χ4n) is 9.53. The first kappa shape index (κ1) is 60.8. The van der Waals surface area contributed by atoms with Gasteiger partial charge in [0.15, 0.2) is 16.9 Å². The van der Waals surface area contributed by atoms with E-state index in [0.29, 0.717) is 29.0 Å². The molecular formula is C54H68ClN6NaO9S2. The number of thiophene rings is 1. The Labute approximate surface area is 464 Å². The molecule has 0 aliphatic carbocycles. The second kappa shape index (κ2) is 28.8. The average molecular weight is 1070 g/mol. The maximum Gasteiger partial charge on any atom is 1.00 e. The Kier molecular flexibility index (Phi) is 24.0. The van der Waals surface area contributed by atoms with Crippen molar-refractivity contribution < 1.29 is 73.3 Å². The van der Waals surface area contributed by atoms with Crippen molar-refractivity contribution in [3.8, 4) is 16.2 Å². The number of amides is 4. The molecule has 1 unspecified atom stereocenters. The van der Waals surface area contributed by atoms with Gasteiger partial charge < -0.3 is 35.3 Å². The van der Waals surface area contributed by atoms with Crippen LogP contribution in [0.2, 0.25) is 5.02 Å². The minimum absolute atomic E-state index is 0. The van der Waals surface area contributed by atoms with Crippen molar-refractivity contribution in [2.75, 3.05) is 61.1 Å². The smallest absolute Gasteiger partial charge is 0.483 e. The number of ether oxygens (including phenoxy) is 1. The summed E-state index contributed by atoms with van der Waals surface area (Å²) < 4.78 is 7.64. The van der Waals surface area contributed by atoms with Gasteiger partial charge in [-0.15, -0.1) is 16.9 Å². The first-order valence-electron chi connectivity index (χ1n) is 24.4. The van der Waals surface area contributed by atoms with E-state index in [1.807, 2.05) is 55.8 Å². The van der Waals surface area contributed by atoms with E-state index in [2.05, 4.69) is 58.3 Å². The summed E-state index contributed by atoms with van der Waals surface area (Å²) in [5, 5.41) is 18.1. The summed E-state index contributed by atoms with van der Waals surface area (Å²) in [4.78, 5) is 80.5. The summed E-state index contributed by atoms with van der Waals surface area (Å²) in [7, 11) is 1.00. The number of benzene rings is 3. The fraction of sp³-hybridized carbons (Fsp3) is 0.444. The quantitative estimate of drug-likeness (QED) is 0.0593. The van der Waals surface area contributed by atoms with E-state index in [-0.39, 0.29) is 88.2 Å². The predicted molar refractivity (Wildman–Crippen MR) is 289 cm³/mol. The monoisotopic (exact) mass is 1070 g/mol. The van der Waals surface area contributed by atoms with Gasteiger partial charge in [-0.05, 0) is 89.6 Å². The molecule has 3 aromatic carbocycles. The molecule has 19 heteroatoms. The summed E-state index contributed by atoms with van der Waals surface area (Å²) in [6.45, 7) is 16.3. The Hall–Kier alpha value is -4.72. The predicted octanol–water partition coefficient (Wildman–Crippen LogP) is 4.94. The molecule has 8 rings (SSSR count). The van der Waals surface area contributed by atoms with E-state index in [4.69, 9.17) is 32.3 Å². The van der Waals surface area contributed by atoms with Crippen LogP contribution in [0, 0.1) is 6.07 Å². The van der Waals surface area contributed by atoms with Crippen molar-refractivity contribution in [2.24, 2.45) is 5.73 Å². The number of piperidine rings is 2. The Morgan fingerprint density at radius 3 is 2.34 bits per heavy atom. The molecule has 15 nitrogen and oxygen atoms in total. The maximum absolute atomic E-state index is 13.8. The molecule has 3 fully saturated rings. The van der Waals surface area contributed by atoms with Crippen LogP contribution in [0.25, 0.3) is 22.1 Å². The van der Waals surface area contributed by atoms with Gasteiger partial charge in [-0.25, -0.2) is 13.9 Å². The van der Waals surface area contributed by atoms with Crippen LogP contribution in [0.1, 0.15) is 102 Å². The Balaban J connectivity index is 0.000000403. The summed E-state index contributed by atoms with van der Waals surface area (Å²) >= 11 is 9.05. The first-order chi connectivity index (χ1) is 34.7. The molecule has 4 aliphatic rings. The fourth-order valence-corrected chi connectivity index (χ4v) is 12.1. The number of halogens is 1. The van der Waals surface area contributed by atoms with Gasteiger partial charge in [0.25, 0.3) is 5.91 Å². The zero-order chi connectivity index (χ0) is 52.7. The molecule has 1 atom stereocenters. The standard InChI is InChI=1S/C38H50N6O4S.C13H8ClO4S.C2H6.CH4O.Na/c1-5-31-32(12-13-33-35(31)26(2)36(47)44(33)30(24-45)11-14-34(39)46)40-19-15-28(16-20-40)41-21-22-42(37(41)48)29-10-8-9-27(23-29)25-49-43-18-7-6-17-38(43,3)4;14-9-10(18-7-6-15)12(13(16)17)19-11(9)8-4-2-1-3-5-8;2*1-2;/h5,8-10,12-13,23-24,28,30H,6-7,11,14-22,25H2,1-4H3,(H2,39,46);1-2,4-6H,7H2,(H,16,17);1-2H3;2H,1H3;/q;-1;;;+1/b31-5-;;;;. The number of rotatable bonds is 16. The first-order valence-corrected chi connectivity index (χ1v) is 26.6. The van der Waals surface area contributed by atoms with E-state index in [0.717, 1.165) is 96.9 Å². The average Bonchev–Trinajstić information content (AvgIpc) is 4.03. The molecule has 0 radical (unpaired) electrons. The molecule has 4 aromatic rings. The number of carboxylic acids is 1. The van der Waals surface area contributed by atoms with Crippen molar-refractivity contribution in [1.82, 2.24) is 9.21 Å². The van der Waals surface area contributed by atoms with Crippen molar-refractivity contribution >= 4 is 100.0 Å². The number of urea groups is 1. The van der Waals surface area contributed by atoms with E-state index in [1.165, 1.54) is 29.7 Å². The second-order valence-corrected chi connectivity index (χ2v) is 20.2. The van der Waals surface area contributed by atoms with Gasteiger partial charge in [-0.2, -0.15) is 30.3 Å². The number of aldehydes is 2. The maximum atomic E-state index is 13.8. The number of nitrogens with zero attached hydrogens (tertiary/aromatic N) is 5. The number of aromatic carboxylic acids is 1. The summed E-state index contributed by atoms with van der Waals surface area (Å²) in [5.41, 5.74) is 10.8. The number of carbonyl (C=O) groups is 6. The number of aliphatic hydroxyl groups excluding tert-OH is 1. The Morgan fingerprint density at radius 1 is 1.01 bits per heavy atom. The summed E-state index contributed by atoms with van der Waals surface area (Å²) in [6, 6.07) is 21.8. The number of fused-ring (bicyclic) bond motifs is 1. The molecule has 4 amide bonds. The molecule has 0 saturated carbocycles. The van der Waals surface area contributed by atoms with Gasteiger partial charge in [0.05, 0.1) is 16.8 Å². The number of aliphatic hydroxyl groups is 1. The zero-order valence-electron chi connectivity index (χ0n) is 43.3. The van der Waals surface area contributed by atoms with E-state index < -0.39 is 17.9 Å². The van der Waals surface area contributed by atoms with Crippen LogP contribution < -0.4 is 65.2 Å². The zero-order valence-corrected chi connectivity index (χ0v) is 47.7. The number of primary amides is 1. The molecule has 4 aliphatic heterocycles. The minimum Gasteiger partial charge on any atom is -0.483 e. The van der Waals surface area contributed by atoms with Crippen molar-refractivity contribution in [2.45, 2.75) is 110 Å². The van der Waals surface area contributed by atoms with Crippen molar-refractivity contribution in [3.63, 3.8) is 0 Å². The van der Waals surface area contributed by atoms with E-state index in [1.54, 1.807) is 31.2 Å². The van der Waals surface area contributed by atoms with Gasteiger partial charge in [0.2, 0.25) is 5.91 Å². The molecule has 1 aromatic heterocycles. The third-order valence-corrected chi connectivity index (χ3v) is 16.2. The normalized spacial score (nSPS) is 17.0. The molecule has 4 N–H and O–H groups in total. The SMILES string of the molecule is C/C=c1/c(N2CCC(N3CCN(c4cccc(CSN5CCCCC5(C)C)c4)C3=O)CC2)ccc2c1=C(C)C(=O)N2C(C=O)CCC(N)=O.CC.CO.O=CCOc1c(C(=O)O)sc(-c2c[c-]ccc2)c1Cl.[Na+]. The number of hydrogen-bond acceptors (Lipinski definition) is 12. The second-order valence-electron chi connectivity index (χ2n) is 17.8. The molecule has 5 heterocycles. The van der Waals surface area contributed by atoms with Crippen LogP contribution in [0.15, 0.2) is 60.7 Å². The van der Waals surface area contributed by atoms with Crippen LogP contribution in [0.5, 0.6) is 5.75 Å². The van der Waals surface area contributed by atoms with Crippen LogP contribution in [0.3, 0.4) is 0 Å². The molecule has 0 bridgehead atoms. The Morgan fingerprint density at radius 2 is 1.73 bits per heavy atom. The van der Waals surface area contributed by atoms with Crippen LogP contribution in [-0.4, -0.2) is 120 Å². The summed E-state index contributed by atoms with van der Waals surface area (Å²) in [5.74, 6) is -0.926. The van der Waals surface area contributed by atoms with Crippen molar-refractivity contribution in [3.05, 3.63) is 92.6 Å². The van der Waals surface area contributed by atoms with Gasteiger partial charge in [-0.1, -0.05) is 62.0 Å². The number of hydrogen-bond donors (Lipinski definition) is 3. The Bertz CT molecular complexity index is 2680. The van der Waals surface area contributed by atoms with Gasteiger partial charge in [-0.3, -0.25) is 24.2 Å². The minimum atomic E-state index is -1.14. The van der Waals surface area contributed by atoms with Gasteiger partial charge in [0, 0.05) is 95.9 Å². The third-order valence-electron chi connectivity index (χ3n) is 13.1. The number of carboxylic acid groups (broad SMARTS) is 1. The van der Waals surface area contributed by atoms with Crippen LogP contribution >= 0.6 is 34.9 Å². The van der Waals surface area contributed by atoms with Gasteiger partial charge in [0.1, 0.15) is 12.9 Å². The number of nitrogens with two attached hydrogens (primary N) is 1. The van der Waals surface area contributed by atoms with Gasteiger partial charge >= 0.3 is 41.6 Å². The molecular weight excluding hydrogens is 999 g/mol. The van der Waals surface area contributed by atoms with E-state index in [9.17, 15) is 28.8 Å². The largest absolute Gasteiger partial charge is 1.00 e. The molecule has 73 heavy (non-hydrogen) atoms. The number of anilines is 3. The van der Waals surface area contributed by atoms with Crippen molar-refractivity contribution in [1.29, 1.82) is 0 Å². The molecule has 388 valence electrons. The molecule has 0 spiro atoms. The summed E-state index contributed by atoms with van der Waals surface area (Å²) in [6.07, 6.45) is 9.00. The van der Waals surface area contributed by atoms with Crippen LogP contribution in [0.4, 0.5) is 21.9 Å². The molecule has 3 saturated heterocycles. The van der Waals surface area contributed by atoms with Crippen LogP contribution in [-0.2, 0) is 24.9 Å². The topological polar surface area (TPSA) is 194 Å².